The van der Waals surface area contributed by atoms with Gasteiger partial charge in [0.05, 0.1) is 0 Å². The first-order chi connectivity index (χ1) is 8.32. The number of carbonyl (C=O) groups excluding carboxylic acids is 1. The van der Waals surface area contributed by atoms with Crippen LogP contribution in [0, 0.1) is 5.41 Å². The highest BCUT2D eigenvalue weighted by Gasteiger charge is 2.21. The molecular weight excluding hydrogens is 224 g/mol. The summed E-state index contributed by atoms with van der Waals surface area (Å²) in [4.78, 5) is 16.0. The summed E-state index contributed by atoms with van der Waals surface area (Å²) >= 11 is 0. The van der Waals surface area contributed by atoms with Gasteiger partial charge in [-0.15, -0.1) is 6.58 Å². The van der Waals surface area contributed by atoms with Crippen molar-refractivity contribution in [1.82, 2.24) is 9.80 Å². The first kappa shape index (κ1) is 16.9. The second kappa shape index (κ2) is 8.09. The average molecular weight is 252 g/mol. The first-order valence-electron chi connectivity index (χ1n) is 6.53. The Kier molecular flexibility index (Phi) is 7.60. The van der Waals surface area contributed by atoms with Crippen molar-refractivity contribution < 1.29 is 4.79 Å². The van der Waals surface area contributed by atoms with Crippen LogP contribution in [0.5, 0.6) is 0 Å². The zero-order chi connectivity index (χ0) is 14.2. The number of rotatable bonds is 8. The van der Waals surface area contributed by atoms with Crippen LogP contribution in [0.2, 0.25) is 0 Å². The van der Waals surface area contributed by atoms with Gasteiger partial charge in [-0.2, -0.15) is 0 Å². The number of nitrogens with zero attached hydrogens (tertiary/aromatic N) is 2. The molecule has 0 aromatic heterocycles. The Morgan fingerprint density at radius 3 is 2.33 bits per heavy atom. The number of hydrogen-bond acceptors (Lipinski definition) is 2. The molecule has 0 atom stereocenters. The Bertz CT molecular complexity index is 293. The summed E-state index contributed by atoms with van der Waals surface area (Å²) in [5, 5.41) is 0. The molecule has 1 amide bonds. The zero-order valence-electron chi connectivity index (χ0n) is 12.6. The van der Waals surface area contributed by atoms with E-state index >= 15 is 0 Å². The molecule has 0 spiro atoms. The van der Waals surface area contributed by atoms with E-state index in [-0.39, 0.29) is 11.3 Å². The van der Waals surface area contributed by atoms with Crippen LogP contribution in [0.1, 0.15) is 27.2 Å². The van der Waals surface area contributed by atoms with Crippen LogP contribution < -0.4 is 0 Å². The molecule has 0 aliphatic rings. The topological polar surface area (TPSA) is 23.6 Å². The molecule has 0 bridgehead atoms. The van der Waals surface area contributed by atoms with Gasteiger partial charge < -0.3 is 9.80 Å². The minimum atomic E-state index is 0.0678. The second-order valence-electron chi connectivity index (χ2n) is 5.69. The predicted octanol–water partition coefficient (Wildman–Crippen LogP) is 2.56. The third-order valence-corrected chi connectivity index (χ3v) is 2.97. The lowest BCUT2D eigenvalue weighted by atomic mass is 9.89. The van der Waals surface area contributed by atoms with Gasteiger partial charge >= 0.3 is 0 Å². The number of likely N-dealkylation sites (N-methyl/N-ethyl adjacent to an activating group) is 1. The molecule has 0 rings (SSSR count). The number of hydrogen-bond donors (Lipinski definition) is 0. The Morgan fingerprint density at radius 1 is 1.28 bits per heavy atom. The minimum absolute atomic E-state index is 0.0678. The molecule has 0 aromatic rings. The standard InChI is InChI=1S/C15H28N2O/c1-7-11-17(13-15(3,4)8-2)14(18)10-9-12-16(5)6/h7,9-10H,1,8,11-13H2,2-6H3/b10-9+. The van der Waals surface area contributed by atoms with E-state index in [9.17, 15) is 4.79 Å². The van der Waals surface area contributed by atoms with Gasteiger partial charge in [0, 0.05) is 25.7 Å². The van der Waals surface area contributed by atoms with Crippen molar-refractivity contribution in [3.05, 3.63) is 24.8 Å². The third-order valence-electron chi connectivity index (χ3n) is 2.97. The molecular formula is C15H28N2O. The fraction of sp³-hybridized carbons (Fsp3) is 0.667. The van der Waals surface area contributed by atoms with Crippen LogP contribution in [-0.4, -0.2) is 49.4 Å². The van der Waals surface area contributed by atoms with Crippen molar-refractivity contribution in [2.75, 3.05) is 33.7 Å². The lowest BCUT2D eigenvalue weighted by Gasteiger charge is -2.30. The molecule has 0 aliphatic carbocycles. The number of amides is 1. The van der Waals surface area contributed by atoms with Gasteiger partial charge in [-0.1, -0.05) is 32.9 Å². The van der Waals surface area contributed by atoms with E-state index in [0.717, 1.165) is 19.5 Å². The van der Waals surface area contributed by atoms with Gasteiger partial charge in [-0.3, -0.25) is 4.79 Å². The Labute approximate surface area is 112 Å². The van der Waals surface area contributed by atoms with Gasteiger partial charge in [-0.05, 0) is 25.9 Å². The van der Waals surface area contributed by atoms with Crippen molar-refractivity contribution in [2.45, 2.75) is 27.2 Å². The highest BCUT2D eigenvalue weighted by molar-refractivity contribution is 5.87. The molecule has 0 fully saturated rings. The normalized spacial score (nSPS) is 12.1. The Morgan fingerprint density at radius 2 is 1.89 bits per heavy atom. The molecule has 3 heteroatoms. The van der Waals surface area contributed by atoms with Gasteiger partial charge in [0.25, 0.3) is 0 Å². The summed E-state index contributed by atoms with van der Waals surface area (Å²) in [5.74, 6) is 0.0678. The van der Waals surface area contributed by atoms with Gasteiger partial charge in [0.15, 0.2) is 0 Å². The quantitative estimate of drug-likeness (QED) is 0.489. The van der Waals surface area contributed by atoms with E-state index in [1.54, 1.807) is 12.2 Å². The lowest BCUT2D eigenvalue weighted by Crippen LogP contribution is -2.38. The van der Waals surface area contributed by atoms with E-state index in [1.165, 1.54) is 0 Å². The zero-order valence-corrected chi connectivity index (χ0v) is 12.6. The van der Waals surface area contributed by atoms with Crippen LogP contribution in [0.3, 0.4) is 0 Å². The number of carbonyl (C=O) groups is 1. The van der Waals surface area contributed by atoms with Crippen molar-refractivity contribution in [3.8, 4) is 0 Å². The minimum Gasteiger partial charge on any atom is -0.335 e. The van der Waals surface area contributed by atoms with Crippen molar-refractivity contribution in [3.63, 3.8) is 0 Å². The SMILES string of the molecule is C=CCN(CC(C)(C)CC)C(=O)/C=C/CN(C)C. The van der Waals surface area contributed by atoms with E-state index in [2.05, 4.69) is 27.4 Å². The molecule has 3 nitrogen and oxygen atoms in total. The van der Waals surface area contributed by atoms with Gasteiger partial charge in [0.2, 0.25) is 5.91 Å². The molecule has 0 aromatic carbocycles. The summed E-state index contributed by atoms with van der Waals surface area (Å²) in [7, 11) is 3.97. The van der Waals surface area contributed by atoms with Gasteiger partial charge in [-0.25, -0.2) is 0 Å². The van der Waals surface area contributed by atoms with E-state index in [0.29, 0.717) is 6.54 Å². The molecule has 0 N–H and O–H groups in total. The van der Waals surface area contributed by atoms with Crippen molar-refractivity contribution in [2.24, 2.45) is 5.41 Å². The summed E-state index contributed by atoms with van der Waals surface area (Å²) in [5.41, 5.74) is 0.147. The third kappa shape index (κ3) is 7.28. The van der Waals surface area contributed by atoms with Crippen LogP contribution in [0.25, 0.3) is 0 Å². The maximum Gasteiger partial charge on any atom is 0.246 e. The second-order valence-corrected chi connectivity index (χ2v) is 5.69. The van der Waals surface area contributed by atoms with E-state index in [1.807, 2.05) is 30.0 Å². The first-order valence-corrected chi connectivity index (χ1v) is 6.53. The molecule has 104 valence electrons. The van der Waals surface area contributed by atoms with Gasteiger partial charge in [0.1, 0.15) is 0 Å². The molecule has 0 aliphatic heterocycles. The van der Waals surface area contributed by atoms with Crippen molar-refractivity contribution >= 4 is 5.91 Å². The maximum absolute atomic E-state index is 12.1. The van der Waals surface area contributed by atoms with E-state index < -0.39 is 0 Å². The maximum atomic E-state index is 12.1. The van der Waals surface area contributed by atoms with Crippen LogP contribution in [0.4, 0.5) is 0 Å². The van der Waals surface area contributed by atoms with Crippen LogP contribution in [-0.2, 0) is 4.79 Å². The van der Waals surface area contributed by atoms with Crippen LogP contribution >= 0.6 is 0 Å². The molecule has 18 heavy (non-hydrogen) atoms. The Hall–Kier alpha value is -1.09. The monoisotopic (exact) mass is 252 g/mol. The smallest absolute Gasteiger partial charge is 0.246 e. The fourth-order valence-electron chi connectivity index (χ4n) is 1.49. The molecule has 0 radical (unpaired) electrons. The molecule has 0 saturated carbocycles. The summed E-state index contributed by atoms with van der Waals surface area (Å²) in [6.45, 7) is 12.4. The molecule has 0 saturated heterocycles. The lowest BCUT2D eigenvalue weighted by molar-refractivity contribution is -0.126. The summed E-state index contributed by atoms with van der Waals surface area (Å²) in [6.07, 6.45) is 6.39. The van der Waals surface area contributed by atoms with Crippen molar-refractivity contribution in [1.29, 1.82) is 0 Å². The predicted molar refractivity (Wildman–Crippen MR) is 78.5 cm³/mol. The van der Waals surface area contributed by atoms with Crippen LogP contribution in [0.15, 0.2) is 24.8 Å². The summed E-state index contributed by atoms with van der Waals surface area (Å²) in [6, 6.07) is 0. The largest absolute Gasteiger partial charge is 0.335 e. The van der Waals surface area contributed by atoms with E-state index in [4.69, 9.17) is 0 Å². The fourth-order valence-corrected chi connectivity index (χ4v) is 1.49. The molecule has 0 heterocycles. The highest BCUT2D eigenvalue weighted by atomic mass is 16.2. The molecule has 0 unspecified atom stereocenters. The average Bonchev–Trinajstić information content (AvgIpc) is 2.27. The highest BCUT2D eigenvalue weighted by Crippen LogP contribution is 2.21. The summed E-state index contributed by atoms with van der Waals surface area (Å²) < 4.78 is 0. The Balaban J connectivity index is 4.54.